The molecule has 0 aliphatic rings. The van der Waals surface area contributed by atoms with Crippen molar-refractivity contribution in [3.63, 3.8) is 0 Å². The number of rotatable bonds is 6. The van der Waals surface area contributed by atoms with E-state index in [1.165, 1.54) is 0 Å². The standard InChI is InChI=1S/C24H17F6N5OS/c1-14-2-4-19(5-3-14)35-21(15-6-8-31-9-7-15)33-34-22(35)37-13-20(36)32-18-11-16(23(25,26)27)10-17(12-18)24(28,29)30/h2-12H,13H2,1H3,(H,32,36). The van der Waals surface area contributed by atoms with Gasteiger partial charge >= 0.3 is 12.4 Å². The molecule has 0 aliphatic heterocycles. The highest BCUT2D eigenvalue weighted by molar-refractivity contribution is 7.99. The van der Waals surface area contributed by atoms with Crippen LogP contribution in [-0.4, -0.2) is 31.4 Å². The summed E-state index contributed by atoms with van der Waals surface area (Å²) in [6.45, 7) is 1.91. The molecule has 37 heavy (non-hydrogen) atoms. The molecule has 1 amide bonds. The van der Waals surface area contributed by atoms with Crippen LogP contribution in [0.25, 0.3) is 17.1 Å². The Morgan fingerprint density at radius 3 is 2.05 bits per heavy atom. The number of nitrogens with zero attached hydrogens (tertiary/aromatic N) is 4. The summed E-state index contributed by atoms with van der Waals surface area (Å²) in [6, 6.07) is 11.8. The van der Waals surface area contributed by atoms with Crippen molar-refractivity contribution >= 4 is 23.4 Å². The lowest BCUT2D eigenvalue weighted by atomic mass is 10.1. The first-order chi connectivity index (χ1) is 17.4. The van der Waals surface area contributed by atoms with Gasteiger partial charge in [-0.25, -0.2) is 0 Å². The Morgan fingerprint density at radius 2 is 1.49 bits per heavy atom. The van der Waals surface area contributed by atoms with Gasteiger partial charge in [-0.3, -0.25) is 14.3 Å². The van der Waals surface area contributed by atoms with Crippen molar-refractivity contribution < 1.29 is 31.1 Å². The van der Waals surface area contributed by atoms with Gasteiger partial charge in [0.1, 0.15) is 0 Å². The third kappa shape index (κ3) is 6.28. The number of carbonyl (C=O) groups is 1. The lowest BCUT2D eigenvalue weighted by molar-refractivity contribution is -0.143. The molecule has 4 rings (SSSR count). The molecule has 0 aliphatic carbocycles. The molecule has 0 fully saturated rings. The van der Waals surface area contributed by atoms with E-state index in [9.17, 15) is 31.1 Å². The summed E-state index contributed by atoms with van der Waals surface area (Å²) in [5.41, 5.74) is -1.26. The van der Waals surface area contributed by atoms with Crippen LogP contribution in [-0.2, 0) is 17.1 Å². The van der Waals surface area contributed by atoms with Crippen molar-refractivity contribution in [2.45, 2.75) is 24.4 Å². The zero-order valence-electron chi connectivity index (χ0n) is 18.9. The van der Waals surface area contributed by atoms with Gasteiger partial charge in [-0.15, -0.1) is 10.2 Å². The van der Waals surface area contributed by atoms with E-state index in [4.69, 9.17) is 0 Å². The van der Waals surface area contributed by atoms with Crippen LogP contribution in [0.15, 0.2) is 72.1 Å². The average Bonchev–Trinajstić information content (AvgIpc) is 3.26. The molecule has 2 heterocycles. The second-order valence-electron chi connectivity index (χ2n) is 7.84. The number of thioether (sulfide) groups is 1. The Labute approximate surface area is 210 Å². The molecule has 0 unspecified atom stereocenters. The molecular formula is C24H17F6N5OS. The van der Waals surface area contributed by atoms with Crippen molar-refractivity contribution in [3.05, 3.63) is 83.7 Å². The number of hydrogen-bond donors (Lipinski definition) is 1. The molecule has 1 N–H and O–H groups in total. The predicted octanol–water partition coefficient (Wildman–Crippen LogP) is 6.41. The van der Waals surface area contributed by atoms with Crippen LogP contribution in [0.3, 0.4) is 0 Å². The summed E-state index contributed by atoms with van der Waals surface area (Å²) in [7, 11) is 0. The number of pyridine rings is 1. The van der Waals surface area contributed by atoms with Crippen LogP contribution < -0.4 is 5.32 Å². The van der Waals surface area contributed by atoms with Gasteiger partial charge in [0.25, 0.3) is 0 Å². The Hall–Kier alpha value is -3.87. The van der Waals surface area contributed by atoms with Gasteiger partial charge in [-0.05, 0) is 49.4 Å². The molecular weight excluding hydrogens is 520 g/mol. The summed E-state index contributed by atoms with van der Waals surface area (Å²) in [4.78, 5) is 16.5. The highest BCUT2D eigenvalue weighted by atomic mass is 32.2. The molecule has 2 aromatic carbocycles. The van der Waals surface area contributed by atoms with Crippen LogP contribution in [0, 0.1) is 6.92 Å². The molecule has 0 atom stereocenters. The predicted molar refractivity (Wildman–Crippen MR) is 125 cm³/mol. The number of carbonyl (C=O) groups excluding carboxylic acids is 1. The van der Waals surface area contributed by atoms with E-state index >= 15 is 0 Å². The SMILES string of the molecule is Cc1ccc(-n2c(SCC(=O)Nc3cc(C(F)(F)F)cc(C(F)(F)F)c3)nnc2-c2ccncc2)cc1. The second-order valence-corrected chi connectivity index (χ2v) is 8.79. The topological polar surface area (TPSA) is 72.7 Å². The second kappa shape index (κ2) is 10.2. The Balaban J connectivity index is 1.59. The Morgan fingerprint density at radius 1 is 0.892 bits per heavy atom. The average molecular weight is 537 g/mol. The number of aromatic nitrogens is 4. The van der Waals surface area contributed by atoms with Gasteiger partial charge in [0.15, 0.2) is 11.0 Å². The molecule has 6 nitrogen and oxygen atoms in total. The normalized spacial score (nSPS) is 12.0. The van der Waals surface area contributed by atoms with Gasteiger partial charge in [0.05, 0.1) is 16.9 Å². The minimum absolute atomic E-state index is 0.00488. The maximum Gasteiger partial charge on any atom is 0.416 e. The van der Waals surface area contributed by atoms with Crippen LogP contribution in [0.4, 0.5) is 32.0 Å². The summed E-state index contributed by atoms with van der Waals surface area (Å²) in [5, 5.41) is 10.8. The highest BCUT2D eigenvalue weighted by Crippen LogP contribution is 2.37. The van der Waals surface area contributed by atoms with Crippen LogP contribution in [0.5, 0.6) is 0 Å². The lowest BCUT2D eigenvalue weighted by Gasteiger charge is -2.15. The molecule has 2 aromatic heterocycles. The van der Waals surface area contributed by atoms with E-state index in [2.05, 4.69) is 20.5 Å². The number of halogens is 6. The quantitative estimate of drug-likeness (QED) is 0.228. The monoisotopic (exact) mass is 537 g/mol. The van der Waals surface area contributed by atoms with Crippen LogP contribution in [0.1, 0.15) is 16.7 Å². The highest BCUT2D eigenvalue weighted by Gasteiger charge is 2.37. The van der Waals surface area contributed by atoms with E-state index in [0.29, 0.717) is 34.4 Å². The number of anilines is 1. The van der Waals surface area contributed by atoms with Gasteiger partial charge < -0.3 is 5.32 Å². The number of aryl methyl sites for hydroxylation is 1. The number of benzene rings is 2. The van der Waals surface area contributed by atoms with Crippen LogP contribution in [0.2, 0.25) is 0 Å². The fourth-order valence-electron chi connectivity index (χ4n) is 3.33. The largest absolute Gasteiger partial charge is 0.416 e. The summed E-state index contributed by atoms with van der Waals surface area (Å²) in [5.74, 6) is -0.707. The van der Waals surface area contributed by atoms with Gasteiger partial charge in [0.2, 0.25) is 5.91 Å². The van der Waals surface area contributed by atoms with Crippen molar-refractivity contribution in [1.82, 2.24) is 19.7 Å². The maximum atomic E-state index is 13.1. The zero-order chi connectivity index (χ0) is 26.8. The lowest BCUT2D eigenvalue weighted by Crippen LogP contribution is -2.17. The smallest absolute Gasteiger partial charge is 0.325 e. The summed E-state index contributed by atoms with van der Waals surface area (Å²) in [6.07, 6.45) is -6.89. The molecule has 192 valence electrons. The van der Waals surface area contributed by atoms with Crippen molar-refractivity contribution in [2.24, 2.45) is 0 Å². The first-order valence-electron chi connectivity index (χ1n) is 10.6. The maximum absolute atomic E-state index is 13.1. The van der Waals surface area contributed by atoms with E-state index in [-0.39, 0.29) is 11.8 Å². The van der Waals surface area contributed by atoms with Crippen molar-refractivity contribution in [1.29, 1.82) is 0 Å². The van der Waals surface area contributed by atoms with E-state index in [0.717, 1.165) is 17.3 Å². The number of amides is 1. The number of nitrogens with one attached hydrogen (secondary N) is 1. The number of alkyl halides is 6. The first-order valence-corrected chi connectivity index (χ1v) is 11.6. The first kappa shape index (κ1) is 26.2. The fraction of sp³-hybridized carbons (Fsp3) is 0.167. The molecule has 0 saturated heterocycles. The molecule has 0 radical (unpaired) electrons. The molecule has 13 heteroatoms. The van der Waals surface area contributed by atoms with E-state index in [1.54, 1.807) is 29.1 Å². The van der Waals surface area contributed by atoms with Crippen molar-refractivity contribution in [2.75, 3.05) is 11.1 Å². The van der Waals surface area contributed by atoms with Gasteiger partial charge in [-0.2, -0.15) is 26.3 Å². The van der Waals surface area contributed by atoms with Crippen molar-refractivity contribution in [3.8, 4) is 17.1 Å². The molecule has 0 spiro atoms. The van der Waals surface area contributed by atoms with E-state index < -0.39 is 35.1 Å². The summed E-state index contributed by atoms with van der Waals surface area (Å²) < 4.78 is 80.4. The molecule has 4 aromatic rings. The minimum Gasteiger partial charge on any atom is -0.325 e. The van der Waals surface area contributed by atoms with Gasteiger partial charge in [0, 0.05) is 29.3 Å². The molecule has 0 bridgehead atoms. The zero-order valence-corrected chi connectivity index (χ0v) is 19.7. The van der Waals surface area contributed by atoms with E-state index in [1.807, 2.05) is 31.2 Å². The summed E-state index contributed by atoms with van der Waals surface area (Å²) >= 11 is 0.926. The number of hydrogen-bond acceptors (Lipinski definition) is 5. The Bertz CT molecular complexity index is 1370. The minimum atomic E-state index is -5.02. The van der Waals surface area contributed by atoms with Crippen LogP contribution >= 0.6 is 11.8 Å². The Kier molecular flexibility index (Phi) is 7.25. The molecule has 0 saturated carbocycles. The van der Waals surface area contributed by atoms with Gasteiger partial charge in [-0.1, -0.05) is 29.5 Å². The fourth-order valence-corrected chi connectivity index (χ4v) is 4.08. The third-order valence-electron chi connectivity index (χ3n) is 5.07. The third-order valence-corrected chi connectivity index (χ3v) is 6.00.